The number of unbranched alkanes of at least 4 members (excludes halogenated alkanes) is 1. The molecule has 0 aliphatic carbocycles. The molecule has 0 aromatic carbocycles. The summed E-state index contributed by atoms with van der Waals surface area (Å²) < 4.78 is 0. The highest BCUT2D eigenvalue weighted by Crippen LogP contribution is 2.14. The molecule has 0 amide bonds. The van der Waals surface area contributed by atoms with Gasteiger partial charge in [0.2, 0.25) is 0 Å². The zero-order valence-electron chi connectivity index (χ0n) is 11.5. The van der Waals surface area contributed by atoms with Crippen molar-refractivity contribution in [2.45, 2.75) is 46.0 Å². The maximum absolute atomic E-state index is 3.68. The number of nitrogens with one attached hydrogen (secondary N) is 1. The van der Waals surface area contributed by atoms with Crippen LogP contribution in [0.4, 0.5) is 0 Å². The van der Waals surface area contributed by atoms with Crippen molar-refractivity contribution >= 4 is 0 Å². The number of likely N-dealkylation sites (tertiary alicyclic amines) is 1. The van der Waals surface area contributed by atoms with Crippen molar-refractivity contribution in [3.05, 3.63) is 0 Å². The zero-order valence-corrected chi connectivity index (χ0v) is 11.5. The van der Waals surface area contributed by atoms with Crippen LogP contribution in [-0.2, 0) is 0 Å². The Hall–Kier alpha value is -0.0800. The van der Waals surface area contributed by atoms with Gasteiger partial charge in [-0.1, -0.05) is 33.1 Å². The fourth-order valence-electron chi connectivity index (χ4n) is 2.63. The molecule has 0 spiro atoms. The van der Waals surface area contributed by atoms with Crippen molar-refractivity contribution < 1.29 is 0 Å². The third kappa shape index (κ3) is 5.31. The van der Waals surface area contributed by atoms with Crippen molar-refractivity contribution in [3.8, 4) is 0 Å². The van der Waals surface area contributed by atoms with Gasteiger partial charge in [-0.05, 0) is 51.4 Å². The normalized spacial score (nSPS) is 23.8. The summed E-state index contributed by atoms with van der Waals surface area (Å²) >= 11 is 0. The molecule has 1 aliphatic heterocycles. The summed E-state index contributed by atoms with van der Waals surface area (Å²) in [6.07, 6.45) is 6.85. The summed E-state index contributed by atoms with van der Waals surface area (Å²) in [5, 5.41) is 3.68. The summed E-state index contributed by atoms with van der Waals surface area (Å²) in [6, 6.07) is 0. The summed E-state index contributed by atoms with van der Waals surface area (Å²) in [4.78, 5) is 2.45. The van der Waals surface area contributed by atoms with Crippen LogP contribution >= 0.6 is 0 Å². The molecular weight excluding hydrogens is 196 g/mol. The predicted molar refractivity (Wildman–Crippen MR) is 71.8 cm³/mol. The molecule has 1 N–H and O–H groups in total. The lowest BCUT2D eigenvalue weighted by atomic mass is 9.99. The van der Waals surface area contributed by atoms with Crippen molar-refractivity contribution in [2.75, 3.05) is 33.2 Å². The molecule has 0 radical (unpaired) electrons. The van der Waals surface area contributed by atoms with E-state index in [1.807, 2.05) is 0 Å². The molecule has 1 aliphatic rings. The Labute approximate surface area is 102 Å². The molecule has 1 fully saturated rings. The Bertz CT molecular complexity index is 170. The number of nitrogens with zero attached hydrogens (tertiary/aromatic N) is 1. The van der Waals surface area contributed by atoms with E-state index in [4.69, 9.17) is 0 Å². The molecule has 1 saturated heterocycles. The third-order valence-corrected chi connectivity index (χ3v) is 3.90. The number of hydrogen-bond acceptors (Lipinski definition) is 2. The Kier molecular flexibility index (Phi) is 7.06. The molecule has 2 unspecified atom stereocenters. The van der Waals surface area contributed by atoms with E-state index in [-0.39, 0.29) is 0 Å². The van der Waals surface area contributed by atoms with Crippen LogP contribution in [0, 0.1) is 11.8 Å². The lowest BCUT2D eigenvalue weighted by molar-refractivity contribution is 0.370. The minimum absolute atomic E-state index is 0.897. The van der Waals surface area contributed by atoms with Crippen molar-refractivity contribution in [2.24, 2.45) is 11.8 Å². The van der Waals surface area contributed by atoms with Gasteiger partial charge in [-0.2, -0.15) is 0 Å². The van der Waals surface area contributed by atoms with Crippen molar-refractivity contribution in [3.63, 3.8) is 0 Å². The average Bonchev–Trinajstić information content (AvgIpc) is 2.69. The van der Waals surface area contributed by atoms with Crippen LogP contribution in [0.2, 0.25) is 0 Å². The van der Waals surface area contributed by atoms with E-state index in [1.165, 1.54) is 58.3 Å². The van der Waals surface area contributed by atoms with Gasteiger partial charge in [0, 0.05) is 6.54 Å². The SMILES string of the molecule is CCCCC(CC)CNCC1CCN(C)C1. The van der Waals surface area contributed by atoms with Gasteiger partial charge < -0.3 is 10.2 Å². The van der Waals surface area contributed by atoms with E-state index in [1.54, 1.807) is 0 Å². The molecule has 1 rings (SSSR count). The van der Waals surface area contributed by atoms with Gasteiger partial charge in [0.1, 0.15) is 0 Å². The Morgan fingerprint density at radius 2 is 2.19 bits per heavy atom. The van der Waals surface area contributed by atoms with Crippen LogP contribution in [-0.4, -0.2) is 38.1 Å². The van der Waals surface area contributed by atoms with Gasteiger partial charge in [-0.15, -0.1) is 0 Å². The minimum atomic E-state index is 0.897. The highest BCUT2D eigenvalue weighted by molar-refractivity contribution is 4.75. The van der Waals surface area contributed by atoms with Gasteiger partial charge in [-0.3, -0.25) is 0 Å². The standard InChI is InChI=1S/C14H30N2/c1-4-6-7-13(5-2)10-15-11-14-8-9-16(3)12-14/h13-15H,4-12H2,1-3H3. The molecule has 0 aromatic heterocycles. The monoisotopic (exact) mass is 226 g/mol. The van der Waals surface area contributed by atoms with Crippen LogP contribution in [0.3, 0.4) is 0 Å². The lowest BCUT2D eigenvalue weighted by Gasteiger charge is -2.17. The second-order valence-electron chi connectivity index (χ2n) is 5.49. The first kappa shape index (κ1) is 14.0. The topological polar surface area (TPSA) is 15.3 Å². The first-order chi connectivity index (χ1) is 7.76. The van der Waals surface area contributed by atoms with E-state index in [9.17, 15) is 0 Å². The average molecular weight is 226 g/mol. The van der Waals surface area contributed by atoms with Crippen molar-refractivity contribution in [1.82, 2.24) is 10.2 Å². The lowest BCUT2D eigenvalue weighted by Crippen LogP contribution is -2.29. The van der Waals surface area contributed by atoms with Crippen molar-refractivity contribution in [1.29, 1.82) is 0 Å². The molecular formula is C14H30N2. The maximum atomic E-state index is 3.68. The Morgan fingerprint density at radius 1 is 1.38 bits per heavy atom. The molecule has 2 atom stereocenters. The molecule has 0 bridgehead atoms. The molecule has 1 heterocycles. The highest BCUT2D eigenvalue weighted by atomic mass is 15.1. The predicted octanol–water partition coefficient (Wildman–Crippen LogP) is 2.74. The minimum Gasteiger partial charge on any atom is -0.316 e. The van der Waals surface area contributed by atoms with Crippen LogP contribution in [0.1, 0.15) is 46.0 Å². The summed E-state index contributed by atoms with van der Waals surface area (Å²) in [7, 11) is 2.23. The van der Waals surface area contributed by atoms with E-state index >= 15 is 0 Å². The van der Waals surface area contributed by atoms with E-state index in [2.05, 4.69) is 31.1 Å². The smallest absolute Gasteiger partial charge is 0.00192 e. The third-order valence-electron chi connectivity index (χ3n) is 3.90. The highest BCUT2D eigenvalue weighted by Gasteiger charge is 2.18. The second kappa shape index (κ2) is 8.08. The van der Waals surface area contributed by atoms with E-state index in [0.29, 0.717) is 0 Å². The summed E-state index contributed by atoms with van der Waals surface area (Å²) in [5.41, 5.74) is 0. The van der Waals surface area contributed by atoms with Gasteiger partial charge in [0.05, 0.1) is 0 Å². The molecule has 0 aromatic rings. The fourth-order valence-corrected chi connectivity index (χ4v) is 2.63. The maximum Gasteiger partial charge on any atom is 0.00192 e. The van der Waals surface area contributed by atoms with Gasteiger partial charge >= 0.3 is 0 Å². The molecule has 96 valence electrons. The van der Waals surface area contributed by atoms with Crippen LogP contribution in [0.25, 0.3) is 0 Å². The molecule has 16 heavy (non-hydrogen) atoms. The first-order valence-corrected chi connectivity index (χ1v) is 7.15. The van der Waals surface area contributed by atoms with Gasteiger partial charge in [0.15, 0.2) is 0 Å². The Morgan fingerprint density at radius 3 is 2.75 bits per heavy atom. The first-order valence-electron chi connectivity index (χ1n) is 7.15. The van der Waals surface area contributed by atoms with Crippen LogP contribution in [0.15, 0.2) is 0 Å². The number of hydrogen-bond donors (Lipinski definition) is 1. The number of rotatable bonds is 8. The van der Waals surface area contributed by atoms with E-state index in [0.717, 1.165) is 11.8 Å². The fraction of sp³-hybridized carbons (Fsp3) is 1.00. The Balaban J connectivity index is 2.04. The quantitative estimate of drug-likeness (QED) is 0.684. The van der Waals surface area contributed by atoms with E-state index < -0.39 is 0 Å². The largest absolute Gasteiger partial charge is 0.316 e. The second-order valence-corrected chi connectivity index (χ2v) is 5.49. The molecule has 0 saturated carbocycles. The van der Waals surface area contributed by atoms with Gasteiger partial charge in [-0.25, -0.2) is 0 Å². The van der Waals surface area contributed by atoms with Crippen LogP contribution in [0.5, 0.6) is 0 Å². The summed E-state index contributed by atoms with van der Waals surface area (Å²) in [6.45, 7) is 9.65. The molecule has 2 nitrogen and oxygen atoms in total. The zero-order chi connectivity index (χ0) is 11.8. The van der Waals surface area contributed by atoms with Gasteiger partial charge in [0.25, 0.3) is 0 Å². The van der Waals surface area contributed by atoms with Crippen LogP contribution < -0.4 is 5.32 Å². The summed E-state index contributed by atoms with van der Waals surface area (Å²) in [5.74, 6) is 1.80. The molecule has 2 heteroatoms.